The largest absolute Gasteiger partial charge is 0.497 e. The molecule has 27 heavy (non-hydrogen) atoms. The Morgan fingerprint density at radius 3 is 2.44 bits per heavy atom. The number of nitrogens with one attached hydrogen (secondary N) is 1. The molecule has 1 saturated heterocycles. The summed E-state index contributed by atoms with van der Waals surface area (Å²) in [6, 6.07) is 14.2. The van der Waals surface area contributed by atoms with Gasteiger partial charge in [0.25, 0.3) is 0 Å². The number of imide groups is 1. The number of thioether (sulfide) groups is 1. The van der Waals surface area contributed by atoms with Crippen LogP contribution in [-0.4, -0.2) is 35.8 Å². The quantitative estimate of drug-likeness (QED) is 0.775. The first-order valence-corrected chi connectivity index (χ1v) is 9.52. The zero-order valence-corrected chi connectivity index (χ0v) is 15.9. The molecule has 0 aromatic heterocycles. The topological polar surface area (TPSA) is 75.7 Å². The van der Waals surface area contributed by atoms with Crippen LogP contribution < -0.4 is 15.0 Å². The van der Waals surface area contributed by atoms with E-state index in [0.717, 1.165) is 5.56 Å². The number of amides is 3. The van der Waals surface area contributed by atoms with Crippen LogP contribution in [0.5, 0.6) is 5.75 Å². The second kappa shape index (κ2) is 8.26. The maximum Gasteiger partial charge on any atom is 0.247 e. The van der Waals surface area contributed by atoms with Gasteiger partial charge in [0.2, 0.25) is 17.7 Å². The van der Waals surface area contributed by atoms with Crippen LogP contribution in [0, 0.1) is 6.92 Å². The van der Waals surface area contributed by atoms with Gasteiger partial charge in [-0.2, -0.15) is 0 Å². The summed E-state index contributed by atoms with van der Waals surface area (Å²) < 4.78 is 5.09. The third kappa shape index (κ3) is 4.49. The van der Waals surface area contributed by atoms with Crippen LogP contribution in [0.1, 0.15) is 12.0 Å². The van der Waals surface area contributed by atoms with Crippen LogP contribution in [0.2, 0.25) is 0 Å². The van der Waals surface area contributed by atoms with Crippen molar-refractivity contribution in [2.75, 3.05) is 23.1 Å². The van der Waals surface area contributed by atoms with Crippen molar-refractivity contribution in [2.24, 2.45) is 0 Å². The van der Waals surface area contributed by atoms with Crippen molar-refractivity contribution in [3.8, 4) is 5.75 Å². The van der Waals surface area contributed by atoms with Gasteiger partial charge in [0.1, 0.15) is 5.75 Å². The number of methoxy groups -OCH3 is 1. The summed E-state index contributed by atoms with van der Waals surface area (Å²) in [5, 5.41) is 2.24. The molecule has 0 aliphatic carbocycles. The highest BCUT2D eigenvalue weighted by Gasteiger charge is 2.40. The van der Waals surface area contributed by atoms with Crippen LogP contribution >= 0.6 is 11.8 Å². The highest BCUT2D eigenvalue weighted by molar-refractivity contribution is 8.01. The van der Waals surface area contributed by atoms with E-state index in [0.29, 0.717) is 17.1 Å². The van der Waals surface area contributed by atoms with Crippen molar-refractivity contribution in [3.05, 3.63) is 54.1 Å². The second-order valence-corrected chi connectivity index (χ2v) is 7.37. The third-order valence-electron chi connectivity index (χ3n) is 4.19. The van der Waals surface area contributed by atoms with Crippen LogP contribution in [0.25, 0.3) is 0 Å². The van der Waals surface area contributed by atoms with Gasteiger partial charge in [-0.05, 0) is 43.3 Å². The average molecular weight is 384 g/mol. The zero-order chi connectivity index (χ0) is 19.4. The normalized spacial score (nSPS) is 16.5. The lowest BCUT2D eigenvalue weighted by molar-refractivity contribution is -0.121. The molecule has 0 spiro atoms. The van der Waals surface area contributed by atoms with E-state index < -0.39 is 5.25 Å². The number of hydrogen-bond acceptors (Lipinski definition) is 5. The first kappa shape index (κ1) is 19.0. The number of benzene rings is 2. The summed E-state index contributed by atoms with van der Waals surface area (Å²) in [6.07, 6.45) is 0.0906. The molecule has 1 heterocycles. The maximum absolute atomic E-state index is 12.6. The zero-order valence-electron chi connectivity index (χ0n) is 15.1. The number of nitrogens with zero attached hydrogens (tertiary/aromatic N) is 1. The van der Waals surface area contributed by atoms with Gasteiger partial charge in [0, 0.05) is 12.1 Å². The van der Waals surface area contributed by atoms with Crippen molar-refractivity contribution in [2.45, 2.75) is 18.6 Å². The predicted octanol–water partition coefficient (Wildman–Crippen LogP) is 3.01. The van der Waals surface area contributed by atoms with E-state index in [1.165, 1.54) is 16.7 Å². The summed E-state index contributed by atoms with van der Waals surface area (Å²) in [7, 11) is 1.55. The summed E-state index contributed by atoms with van der Waals surface area (Å²) in [4.78, 5) is 38.2. The molecular weight excluding hydrogens is 364 g/mol. The minimum Gasteiger partial charge on any atom is -0.497 e. The van der Waals surface area contributed by atoms with E-state index >= 15 is 0 Å². The Bertz CT molecular complexity index is 849. The monoisotopic (exact) mass is 384 g/mol. The molecule has 1 fully saturated rings. The van der Waals surface area contributed by atoms with Crippen molar-refractivity contribution in [1.82, 2.24) is 0 Å². The Balaban J connectivity index is 1.57. The molecule has 3 amide bonds. The first-order chi connectivity index (χ1) is 13.0. The van der Waals surface area contributed by atoms with Gasteiger partial charge in [-0.3, -0.25) is 14.4 Å². The molecule has 2 aromatic carbocycles. The summed E-state index contributed by atoms with van der Waals surface area (Å²) >= 11 is 1.18. The average Bonchev–Trinajstić information content (AvgIpc) is 2.95. The number of aryl methyl sites for hydroxylation is 1. The van der Waals surface area contributed by atoms with Gasteiger partial charge in [-0.15, -0.1) is 11.8 Å². The van der Waals surface area contributed by atoms with Crippen molar-refractivity contribution in [1.29, 1.82) is 0 Å². The van der Waals surface area contributed by atoms with E-state index in [9.17, 15) is 14.4 Å². The Kier molecular flexibility index (Phi) is 5.81. The molecule has 3 rings (SSSR count). The lowest BCUT2D eigenvalue weighted by Gasteiger charge is -2.15. The fraction of sp³-hybridized carbons (Fsp3) is 0.250. The minimum absolute atomic E-state index is 0.0906. The van der Waals surface area contributed by atoms with Gasteiger partial charge in [-0.25, -0.2) is 4.90 Å². The van der Waals surface area contributed by atoms with E-state index in [1.807, 2.05) is 31.2 Å². The standard InChI is InChI=1S/C20H20N2O4S/c1-13-3-5-14(6-4-13)21-18(23)12-27-17-11-19(24)22(20(17)25)15-7-9-16(26-2)10-8-15/h3-10,17H,11-12H2,1-2H3,(H,21,23)/t17-/m0/s1. The van der Waals surface area contributed by atoms with Crippen LogP contribution in [-0.2, 0) is 14.4 Å². The highest BCUT2D eigenvalue weighted by Crippen LogP contribution is 2.30. The number of carbonyl (C=O) groups is 3. The van der Waals surface area contributed by atoms with E-state index in [2.05, 4.69) is 5.32 Å². The third-order valence-corrected chi connectivity index (χ3v) is 5.39. The number of anilines is 2. The maximum atomic E-state index is 12.6. The molecular formula is C20H20N2O4S. The molecule has 0 unspecified atom stereocenters. The van der Waals surface area contributed by atoms with Crippen molar-refractivity contribution < 1.29 is 19.1 Å². The van der Waals surface area contributed by atoms with E-state index in [-0.39, 0.29) is 29.9 Å². The number of rotatable bonds is 6. The molecule has 2 aromatic rings. The van der Waals surface area contributed by atoms with Gasteiger partial charge in [0.05, 0.1) is 23.8 Å². The van der Waals surface area contributed by atoms with E-state index in [4.69, 9.17) is 4.74 Å². The second-order valence-electron chi connectivity index (χ2n) is 6.18. The smallest absolute Gasteiger partial charge is 0.247 e. The molecule has 0 saturated carbocycles. The summed E-state index contributed by atoms with van der Waals surface area (Å²) in [5.74, 6) is -0.00273. The molecule has 1 aliphatic rings. The molecule has 7 heteroatoms. The highest BCUT2D eigenvalue weighted by atomic mass is 32.2. The van der Waals surface area contributed by atoms with Gasteiger partial charge in [-0.1, -0.05) is 17.7 Å². The minimum atomic E-state index is -0.552. The van der Waals surface area contributed by atoms with Crippen LogP contribution in [0.4, 0.5) is 11.4 Å². The van der Waals surface area contributed by atoms with Crippen molar-refractivity contribution >= 4 is 40.9 Å². The van der Waals surface area contributed by atoms with E-state index in [1.54, 1.807) is 31.4 Å². The Hall–Kier alpha value is -2.80. The fourth-order valence-electron chi connectivity index (χ4n) is 2.75. The number of ether oxygens (including phenoxy) is 1. The van der Waals surface area contributed by atoms with Crippen LogP contribution in [0.3, 0.4) is 0 Å². The molecule has 1 N–H and O–H groups in total. The lowest BCUT2D eigenvalue weighted by Crippen LogP contribution is -2.31. The molecule has 0 radical (unpaired) electrons. The van der Waals surface area contributed by atoms with Crippen molar-refractivity contribution in [3.63, 3.8) is 0 Å². The summed E-state index contributed by atoms with van der Waals surface area (Å²) in [5.41, 5.74) is 2.33. The fourth-order valence-corrected chi connectivity index (χ4v) is 3.68. The van der Waals surface area contributed by atoms with Gasteiger partial charge >= 0.3 is 0 Å². The Labute approximate surface area is 161 Å². The predicted molar refractivity (Wildman–Crippen MR) is 106 cm³/mol. The van der Waals surface area contributed by atoms with Crippen LogP contribution in [0.15, 0.2) is 48.5 Å². The molecule has 0 bridgehead atoms. The number of hydrogen-bond donors (Lipinski definition) is 1. The Morgan fingerprint density at radius 1 is 1.15 bits per heavy atom. The Morgan fingerprint density at radius 2 is 1.81 bits per heavy atom. The van der Waals surface area contributed by atoms with Gasteiger partial charge < -0.3 is 10.1 Å². The number of carbonyl (C=O) groups excluding carboxylic acids is 3. The molecule has 6 nitrogen and oxygen atoms in total. The first-order valence-electron chi connectivity index (χ1n) is 8.47. The lowest BCUT2D eigenvalue weighted by atomic mass is 10.2. The summed E-state index contributed by atoms with van der Waals surface area (Å²) in [6.45, 7) is 1.97. The molecule has 1 atom stereocenters. The SMILES string of the molecule is COc1ccc(N2C(=O)C[C@H](SCC(=O)Nc3ccc(C)cc3)C2=O)cc1. The molecule has 140 valence electrons. The molecule has 1 aliphatic heterocycles. The van der Waals surface area contributed by atoms with Gasteiger partial charge in [0.15, 0.2) is 0 Å².